The third-order valence-electron chi connectivity index (χ3n) is 5.76. The molecule has 0 fully saturated rings. The van der Waals surface area contributed by atoms with Crippen LogP contribution in [0.2, 0.25) is 0 Å². The molecule has 0 bridgehead atoms. The van der Waals surface area contributed by atoms with Crippen molar-refractivity contribution < 1.29 is 0 Å². The summed E-state index contributed by atoms with van der Waals surface area (Å²) in [7, 11) is 0. The fraction of sp³-hybridized carbons (Fsp3) is 0.680. The predicted molar refractivity (Wildman–Crippen MR) is 123 cm³/mol. The van der Waals surface area contributed by atoms with E-state index in [2.05, 4.69) is 17.1 Å². The lowest BCUT2D eigenvalue weighted by atomic mass is 10.0. The number of rotatable bonds is 17. The number of hydrogen-bond donors (Lipinski definition) is 1. The van der Waals surface area contributed by atoms with Crippen molar-refractivity contribution in [3.05, 3.63) is 46.6 Å². The van der Waals surface area contributed by atoms with Crippen molar-refractivity contribution in [2.75, 3.05) is 0 Å². The Morgan fingerprint density at radius 1 is 0.724 bits per heavy atom. The second kappa shape index (κ2) is 15.1. The average Bonchev–Trinajstić information content (AvgIpc) is 3.11. The molecule has 29 heavy (non-hydrogen) atoms. The first-order chi connectivity index (χ1) is 14.3. The van der Waals surface area contributed by atoms with Crippen molar-refractivity contribution in [2.24, 2.45) is 0 Å². The van der Waals surface area contributed by atoms with Gasteiger partial charge in [0.1, 0.15) is 5.82 Å². The molecule has 0 saturated heterocycles. The molecule has 0 aliphatic carbocycles. The normalized spacial score (nSPS) is 11.2. The second-order valence-electron chi connectivity index (χ2n) is 8.32. The van der Waals surface area contributed by atoms with E-state index in [4.69, 9.17) is 0 Å². The zero-order chi connectivity index (χ0) is 20.6. The van der Waals surface area contributed by atoms with Gasteiger partial charge < -0.3 is 0 Å². The van der Waals surface area contributed by atoms with Gasteiger partial charge in [0.15, 0.2) is 0 Å². The van der Waals surface area contributed by atoms with Gasteiger partial charge in [0.05, 0.1) is 5.69 Å². The summed E-state index contributed by atoms with van der Waals surface area (Å²) in [6.07, 6.45) is 21.3. The first kappa shape index (κ1) is 23.4. The minimum Gasteiger partial charge on any atom is -0.247 e. The number of para-hydroxylation sites is 1. The van der Waals surface area contributed by atoms with Crippen LogP contribution < -0.4 is 5.69 Å². The molecule has 0 unspecified atom stereocenters. The molecule has 4 nitrogen and oxygen atoms in total. The Bertz CT molecular complexity index is 690. The van der Waals surface area contributed by atoms with Crippen LogP contribution in [0.25, 0.3) is 5.69 Å². The van der Waals surface area contributed by atoms with E-state index in [1.165, 1.54) is 89.9 Å². The minimum absolute atomic E-state index is 0.146. The van der Waals surface area contributed by atoms with Gasteiger partial charge >= 0.3 is 5.69 Å². The number of aromatic amines is 1. The Hall–Kier alpha value is -1.84. The van der Waals surface area contributed by atoms with Gasteiger partial charge in [0, 0.05) is 6.42 Å². The van der Waals surface area contributed by atoms with E-state index in [9.17, 15) is 4.79 Å². The Kier molecular flexibility index (Phi) is 12.2. The van der Waals surface area contributed by atoms with Crippen molar-refractivity contribution in [1.82, 2.24) is 14.8 Å². The van der Waals surface area contributed by atoms with Gasteiger partial charge in [0.25, 0.3) is 0 Å². The number of nitrogens with zero attached hydrogens (tertiary/aromatic N) is 2. The summed E-state index contributed by atoms with van der Waals surface area (Å²) < 4.78 is 1.70. The highest BCUT2D eigenvalue weighted by molar-refractivity contribution is 5.32. The standard InChI is InChI=1S/C25H41N3O/c1-2-3-4-5-6-7-8-9-10-11-12-13-14-15-19-22-24-26-27-25(29)28(24)23-20-17-16-18-21-23/h16-18,20-21H,2-15,19,22H2,1H3,(H,27,29). The van der Waals surface area contributed by atoms with Crippen LogP contribution >= 0.6 is 0 Å². The Labute approximate surface area is 177 Å². The Morgan fingerprint density at radius 3 is 1.72 bits per heavy atom. The predicted octanol–water partition coefficient (Wildman–Crippen LogP) is 6.97. The zero-order valence-electron chi connectivity index (χ0n) is 18.5. The summed E-state index contributed by atoms with van der Waals surface area (Å²) in [6.45, 7) is 2.28. The summed E-state index contributed by atoms with van der Waals surface area (Å²) in [5.41, 5.74) is 0.745. The molecule has 0 spiro atoms. The topological polar surface area (TPSA) is 50.7 Å². The van der Waals surface area contributed by atoms with Gasteiger partial charge in [-0.15, -0.1) is 0 Å². The summed E-state index contributed by atoms with van der Waals surface area (Å²) in [5.74, 6) is 0.843. The van der Waals surface area contributed by atoms with Gasteiger partial charge in [-0.05, 0) is 18.6 Å². The van der Waals surface area contributed by atoms with E-state index >= 15 is 0 Å². The highest BCUT2D eigenvalue weighted by Gasteiger charge is 2.09. The molecule has 1 aromatic carbocycles. The summed E-state index contributed by atoms with van der Waals surface area (Å²) >= 11 is 0. The van der Waals surface area contributed by atoms with Crippen LogP contribution in [0.5, 0.6) is 0 Å². The second-order valence-corrected chi connectivity index (χ2v) is 8.32. The van der Waals surface area contributed by atoms with Crippen LogP contribution in [0, 0.1) is 0 Å². The van der Waals surface area contributed by atoms with Crippen LogP contribution in [0.1, 0.15) is 109 Å². The minimum atomic E-state index is -0.146. The lowest BCUT2D eigenvalue weighted by molar-refractivity contribution is 0.531. The maximum atomic E-state index is 12.0. The fourth-order valence-corrected chi connectivity index (χ4v) is 4.00. The lowest BCUT2D eigenvalue weighted by Gasteiger charge is -2.06. The lowest BCUT2D eigenvalue weighted by Crippen LogP contribution is -2.16. The van der Waals surface area contributed by atoms with E-state index in [1.54, 1.807) is 4.57 Å². The molecule has 0 atom stereocenters. The zero-order valence-corrected chi connectivity index (χ0v) is 18.5. The van der Waals surface area contributed by atoms with Crippen LogP contribution in [-0.4, -0.2) is 14.8 Å². The molecule has 0 aliphatic rings. The van der Waals surface area contributed by atoms with Crippen molar-refractivity contribution in [3.8, 4) is 5.69 Å². The molecule has 1 aromatic heterocycles. The molecular formula is C25H41N3O. The molecule has 4 heteroatoms. The summed E-state index contributed by atoms with van der Waals surface area (Å²) in [4.78, 5) is 12.0. The van der Waals surface area contributed by atoms with Crippen molar-refractivity contribution in [1.29, 1.82) is 0 Å². The largest absolute Gasteiger partial charge is 0.347 e. The molecule has 2 aromatic rings. The number of unbranched alkanes of at least 4 members (excludes halogenated alkanes) is 14. The maximum Gasteiger partial charge on any atom is 0.347 e. The molecule has 0 radical (unpaired) electrons. The third-order valence-corrected chi connectivity index (χ3v) is 5.76. The Balaban J connectivity index is 1.46. The van der Waals surface area contributed by atoms with Crippen molar-refractivity contribution >= 4 is 0 Å². The first-order valence-corrected chi connectivity index (χ1v) is 12.0. The molecule has 0 aliphatic heterocycles. The van der Waals surface area contributed by atoms with Gasteiger partial charge in [-0.1, -0.05) is 115 Å². The number of aryl methyl sites for hydroxylation is 1. The van der Waals surface area contributed by atoms with Crippen LogP contribution in [-0.2, 0) is 6.42 Å². The SMILES string of the molecule is CCCCCCCCCCCCCCCCCc1n[nH]c(=O)n1-c1ccccc1. The van der Waals surface area contributed by atoms with Gasteiger partial charge in [-0.25, -0.2) is 14.5 Å². The Morgan fingerprint density at radius 2 is 1.21 bits per heavy atom. The van der Waals surface area contributed by atoms with E-state index in [0.29, 0.717) is 0 Å². The number of aromatic nitrogens is 3. The van der Waals surface area contributed by atoms with Gasteiger partial charge in [0.2, 0.25) is 0 Å². The highest BCUT2D eigenvalue weighted by atomic mass is 16.1. The monoisotopic (exact) mass is 399 g/mol. The quantitative estimate of drug-likeness (QED) is 0.292. The molecule has 162 valence electrons. The van der Waals surface area contributed by atoms with Crippen LogP contribution in [0.3, 0.4) is 0 Å². The van der Waals surface area contributed by atoms with Crippen LogP contribution in [0.4, 0.5) is 0 Å². The highest BCUT2D eigenvalue weighted by Crippen LogP contribution is 2.14. The number of nitrogens with one attached hydrogen (secondary N) is 1. The molecule has 1 N–H and O–H groups in total. The summed E-state index contributed by atoms with van der Waals surface area (Å²) in [6, 6.07) is 9.76. The summed E-state index contributed by atoms with van der Waals surface area (Å²) in [5, 5.41) is 6.82. The molecule has 0 amide bonds. The molecule has 2 rings (SSSR count). The maximum absolute atomic E-state index is 12.0. The van der Waals surface area contributed by atoms with Gasteiger partial charge in [-0.2, -0.15) is 5.10 Å². The first-order valence-electron chi connectivity index (χ1n) is 12.0. The van der Waals surface area contributed by atoms with Crippen molar-refractivity contribution in [3.63, 3.8) is 0 Å². The van der Waals surface area contributed by atoms with E-state index in [1.807, 2.05) is 30.3 Å². The van der Waals surface area contributed by atoms with Crippen LogP contribution in [0.15, 0.2) is 35.1 Å². The smallest absolute Gasteiger partial charge is 0.247 e. The number of hydrogen-bond acceptors (Lipinski definition) is 2. The van der Waals surface area contributed by atoms with E-state index < -0.39 is 0 Å². The average molecular weight is 400 g/mol. The molecule has 0 saturated carbocycles. The number of benzene rings is 1. The molecule has 1 heterocycles. The van der Waals surface area contributed by atoms with Crippen molar-refractivity contribution in [2.45, 2.75) is 110 Å². The van der Waals surface area contributed by atoms with E-state index in [-0.39, 0.29) is 5.69 Å². The third kappa shape index (κ3) is 9.47. The van der Waals surface area contributed by atoms with E-state index in [0.717, 1.165) is 24.4 Å². The fourth-order valence-electron chi connectivity index (χ4n) is 4.00. The molecular weight excluding hydrogens is 358 g/mol. The van der Waals surface area contributed by atoms with Gasteiger partial charge in [-0.3, -0.25) is 0 Å². The number of H-pyrrole nitrogens is 1.